The summed E-state index contributed by atoms with van der Waals surface area (Å²) in [7, 11) is -1.81. The minimum absolute atomic E-state index is 0.00512. The minimum atomic E-state index is -3.91. The topological polar surface area (TPSA) is 74.8 Å². The summed E-state index contributed by atoms with van der Waals surface area (Å²) in [6.07, 6.45) is 0.843. The van der Waals surface area contributed by atoms with E-state index in [1.54, 1.807) is 18.2 Å². The molecule has 1 amide bonds. The first-order chi connectivity index (χ1) is 16.3. The lowest BCUT2D eigenvalue weighted by Gasteiger charge is -2.36. The van der Waals surface area contributed by atoms with Crippen LogP contribution in [0.5, 0.6) is 0 Å². The lowest BCUT2D eigenvalue weighted by atomic mass is 9.88. The summed E-state index contributed by atoms with van der Waals surface area (Å²) in [6, 6.07) is 16.9. The third-order valence-electron chi connectivity index (χ3n) is 7.36. The number of benzene rings is 3. The second-order valence-electron chi connectivity index (χ2n) is 9.50. The van der Waals surface area contributed by atoms with Crippen LogP contribution < -0.4 is 4.90 Å². The number of hydrogen-bond acceptors (Lipinski definition) is 5. The maximum absolute atomic E-state index is 13.9. The Morgan fingerprint density at radius 1 is 0.971 bits per heavy atom. The van der Waals surface area contributed by atoms with Crippen molar-refractivity contribution in [1.29, 1.82) is 0 Å². The normalized spacial score (nSPS) is 22.5. The number of amides is 1. The maximum Gasteiger partial charge on any atom is 0.258 e. The van der Waals surface area contributed by atoms with Gasteiger partial charge in [-0.25, -0.2) is 8.42 Å². The number of aryl methyl sites for hydroxylation is 1. The van der Waals surface area contributed by atoms with Gasteiger partial charge >= 0.3 is 0 Å². The molecular formula is C27H24N2O4S. The van der Waals surface area contributed by atoms with E-state index in [1.165, 1.54) is 29.8 Å². The van der Waals surface area contributed by atoms with Crippen molar-refractivity contribution < 1.29 is 18.0 Å². The quantitative estimate of drug-likeness (QED) is 0.421. The Morgan fingerprint density at radius 2 is 1.74 bits per heavy atom. The van der Waals surface area contributed by atoms with Crippen molar-refractivity contribution >= 4 is 27.2 Å². The Bertz CT molecular complexity index is 1490. The molecule has 0 radical (unpaired) electrons. The van der Waals surface area contributed by atoms with E-state index < -0.39 is 9.84 Å². The van der Waals surface area contributed by atoms with Crippen LogP contribution >= 0.6 is 0 Å². The van der Waals surface area contributed by atoms with Crippen molar-refractivity contribution in [2.24, 2.45) is 0 Å². The highest BCUT2D eigenvalue weighted by Crippen LogP contribution is 2.46. The first-order valence-electron chi connectivity index (χ1n) is 11.4. The molecule has 3 heterocycles. The molecule has 3 aromatic carbocycles. The average molecular weight is 473 g/mol. The minimum Gasteiger partial charge on any atom is -0.306 e. The van der Waals surface area contributed by atoms with Crippen molar-refractivity contribution in [1.82, 2.24) is 4.90 Å². The van der Waals surface area contributed by atoms with Crippen LogP contribution in [0.1, 0.15) is 49.7 Å². The first-order valence-corrected chi connectivity index (χ1v) is 12.9. The summed E-state index contributed by atoms with van der Waals surface area (Å²) in [6.45, 7) is 3.81. The zero-order valence-corrected chi connectivity index (χ0v) is 19.8. The predicted octanol–water partition coefficient (Wildman–Crippen LogP) is 3.82. The summed E-state index contributed by atoms with van der Waals surface area (Å²) in [5.74, 6) is -0.351. The van der Waals surface area contributed by atoms with Gasteiger partial charge in [0.15, 0.2) is 5.78 Å². The standard InChI is InChI=1S/C27H24N2O4S/c1-16-7-10-22-20(13-16)21-15-28(2)12-11-23(21)29(22)27(31)17-8-9-19-25(14-17)34(32,33)24-6-4-3-5-18(24)26(19)30/h3-10,13-14,21,23H,11-12,15H2,1-2H3/t21-,23+/m1/s1. The number of fused-ring (bicyclic) bond motifs is 5. The Labute approximate surface area is 198 Å². The lowest BCUT2D eigenvalue weighted by Crippen LogP contribution is -2.47. The van der Waals surface area contributed by atoms with Gasteiger partial charge in [0.2, 0.25) is 9.84 Å². The van der Waals surface area contributed by atoms with Gasteiger partial charge in [-0.05, 0) is 68.9 Å². The molecule has 0 aliphatic carbocycles. The lowest BCUT2D eigenvalue weighted by molar-refractivity contribution is 0.0962. The fourth-order valence-electron chi connectivity index (χ4n) is 5.70. The molecule has 0 unspecified atom stereocenters. The molecule has 172 valence electrons. The van der Waals surface area contributed by atoms with Gasteiger partial charge < -0.3 is 9.80 Å². The van der Waals surface area contributed by atoms with Crippen molar-refractivity contribution in [2.45, 2.75) is 35.1 Å². The number of piperidine rings is 1. The van der Waals surface area contributed by atoms with Crippen LogP contribution in [0.25, 0.3) is 0 Å². The van der Waals surface area contributed by atoms with Crippen molar-refractivity contribution in [3.05, 3.63) is 88.5 Å². The Morgan fingerprint density at radius 3 is 2.56 bits per heavy atom. The zero-order chi connectivity index (χ0) is 23.8. The molecule has 0 bridgehead atoms. The SMILES string of the molecule is Cc1ccc2c(c1)[C@H]1CN(C)CC[C@@H]1N2C(=O)c1ccc2c(c1)S(=O)(=O)c1ccccc1C2=O. The number of likely N-dealkylation sites (N-methyl/N-ethyl adjacent to an activating group) is 1. The molecule has 7 heteroatoms. The number of sulfone groups is 1. The van der Waals surface area contributed by atoms with Gasteiger partial charge in [-0.3, -0.25) is 9.59 Å². The fourth-order valence-corrected chi connectivity index (χ4v) is 7.38. The monoisotopic (exact) mass is 472 g/mol. The molecule has 1 saturated heterocycles. The van der Waals surface area contributed by atoms with Crippen LogP contribution in [-0.4, -0.2) is 51.2 Å². The van der Waals surface area contributed by atoms with E-state index >= 15 is 0 Å². The molecule has 34 heavy (non-hydrogen) atoms. The van der Waals surface area contributed by atoms with Crippen LogP contribution in [0.3, 0.4) is 0 Å². The number of rotatable bonds is 1. The van der Waals surface area contributed by atoms with Gasteiger partial charge in [0.1, 0.15) is 0 Å². The van der Waals surface area contributed by atoms with Crippen LogP contribution in [-0.2, 0) is 9.84 Å². The smallest absolute Gasteiger partial charge is 0.258 e. The fraction of sp³-hybridized carbons (Fsp3) is 0.259. The molecule has 3 aliphatic rings. The average Bonchev–Trinajstić information content (AvgIpc) is 3.14. The van der Waals surface area contributed by atoms with Crippen molar-refractivity contribution in [2.75, 3.05) is 25.0 Å². The zero-order valence-electron chi connectivity index (χ0n) is 19.0. The third-order valence-corrected chi connectivity index (χ3v) is 9.21. The second-order valence-corrected chi connectivity index (χ2v) is 11.4. The van der Waals surface area contributed by atoms with E-state index in [9.17, 15) is 18.0 Å². The number of nitrogens with zero attached hydrogens (tertiary/aromatic N) is 2. The summed E-state index contributed by atoms with van der Waals surface area (Å²) >= 11 is 0. The van der Waals surface area contributed by atoms with Gasteiger partial charge in [0, 0.05) is 40.9 Å². The summed E-state index contributed by atoms with van der Waals surface area (Å²) in [5, 5.41) is 0. The van der Waals surface area contributed by atoms with Crippen LogP contribution in [0.2, 0.25) is 0 Å². The molecule has 6 rings (SSSR count). The van der Waals surface area contributed by atoms with Crippen molar-refractivity contribution in [3.63, 3.8) is 0 Å². The highest BCUT2D eigenvalue weighted by atomic mass is 32.2. The van der Waals surface area contributed by atoms with E-state index in [2.05, 4.69) is 24.9 Å². The number of carbonyl (C=O) groups excluding carboxylic acids is 2. The molecular weight excluding hydrogens is 448 g/mol. The molecule has 0 spiro atoms. The van der Waals surface area contributed by atoms with Crippen molar-refractivity contribution in [3.8, 4) is 0 Å². The number of anilines is 1. The number of ketones is 1. The molecule has 3 aliphatic heterocycles. The second kappa shape index (κ2) is 7.35. The van der Waals surface area contributed by atoms with E-state index in [-0.39, 0.29) is 50.1 Å². The number of carbonyl (C=O) groups is 2. The third kappa shape index (κ3) is 2.93. The molecule has 0 saturated carbocycles. The molecule has 0 aromatic heterocycles. The van der Waals surface area contributed by atoms with Crippen LogP contribution in [0.4, 0.5) is 5.69 Å². The van der Waals surface area contributed by atoms with Crippen LogP contribution in [0.15, 0.2) is 70.5 Å². The summed E-state index contributed by atoms with van der Waals surface area (Å²) in [4.78, 5) is 30.9. The van der Waals surface area contributed by atoms with E-state index in [4.69, 9.17) is 0 Å². The van der Waals surface area contributed by atoms with E-state index in [0.29, 0.717) is 0 Å². The van der Waals surface area contributed by atoms with Crippen LogP contribution in [0, 0.1) is 6.92 Å². The largest absolute Gasteiger partial charge is 0.306 e. The number of likely N-dealkylation sites (tertiary alicyclic amines) is 1. The van der Waals surface area contributed by atoms with E-state index in [1.807, 2.05) is 17.0 Å². The highest BCUT2D eigenvalue weighted by Gasteiger charge is 2.44. The highest BCUT2D eigenvalue weighted by molar-refractivity contribution is 7.91. The summed E-state index contributed by atoms with van der Waals surface area (Å²) in [5.41, 5.74) is 3.78. The first kappa shape index (κ1) is 21.3. The molecule has 2 atom stereocenters. The molecule has 3 aromatic rings. The van der Waals surface area contributed by atoms with Gasteiger partial charge in [-0.1, -0.05) is 29.8 Å². The Balaban J connectivity index is 1.46. The predicted molar refractivity (Wildman–Crippen MR) is 128 cm³/mol. The Hall–Kier alpha value is -3.29. The van der Waals surface area contributed by atoms with Gasteiger partial charge in [0.25, 0.3) is 5.91 Å². The summed E-state index contributed by atoms with van der Waals surface area (Å²) < 4.78 is 26.7. The number of hydrogen-bond donors (Lipinski definition) is 0. The van der Waals surface area contributed by atoms with Gasteiger partial charge in [-0.2, -0.15) is 0 Å². The molecule has 0 N–H and O–H groups in total. The molecule has 1 fully saturated rings. The Kier molecular flexibility index (Phi) is 4.60. The van der Waals surface area contributed by atoms with E-state index in [0.717, 1.165) is 30.8 Å². The van der Waals surface area contributed by atoms with Gasteiger partial charge in [-0.15, -0.1) is 0 Å². The van der Waals surface area contributed by atoms with Gasteiger partial charge in [0.05, 0.1) is 9.79 Å². The molecule has 6 nitrogen and oxygen atoms in total. The maximum atomic E-state index is 13.9.